The van der Waals surface area contributed by atoms with E-state index in [4.69, 9.17) is 16.3 Å². The van der Waals surface area contributed by atoms with Crippen LogP contribution in [0.2, 0.25) is 0 Å². The van der Waals surface area contributed by atoms with Crippen molar-refractivity contribution >= 4 is 55.6 Å². The SMILES string of the molecule is CN1CCN([C]C2CCc3c(sc4ncnc(Nc5cc6cn[nH]c6cc5OCCCCl)c34)C2)CC1. The summed E-state index contributed by atoms with van der Waals surface area (Å²) in [5.41, 5.74) is 3.17. The summed E-state index contributed by atoms with van der Waals surface area (Å²) in [4.78, 5) is 16.5. The zero-order valence-electron chi connectivity index (χ0n) is 20.4. The molecule has 1 aliphatic heterocycles. The first-order valence-corrected chi connectivity index (χ1v) is 13.9. The Balaban J connectivity index is 1.26. The molecular weight excluding hydrogens is 494 g/mol. The molecule has 3 aromatic heterocycles. The van der Waals surface area contributed by atoms with Crippen molar-refractivity contribution in [2.45, 2.75) is 25.7 Å². The second-order valence-corrected chi connectivity index (χ2v) is 11.0. The average molecular weight is 524 g/mol. The van der Waals surface area contributed by atoms with Crippen LogP contribution in [-0.2, 0) is 12.8 Å². The second-order valence-electron chi connectivity index (χ2n) is 9.59. The molecule has 2 N–H and O–H groups in total. The Morgan fingerprint density at radius 3 is 3.00 bits per heavy atom. The van der Waals surface area contributed by atoms with Crippen LogP contribution in [0.3, 0.4) is 0 Å². The number of hydrogen-bond acceptors (Lipinski definition) is 8. The number of ether oxygens (including phenoxy) is 1. The number of aromatic nitrogens is 4. The number of aryl methyl sites for hydroxylation is 1. The van der Waals surface area contributed by atoms with Crippen molar-refractivity contribution in [3.8, 4) is 5.75 Å². The highest BCUT2D eigenvalue weighted by Gasteiger charge is 2.28. The molecule has 1 fully saturated rings. The Labute approximate surface area is 220 Å². The van der Waals surface area contributed by atoms with E-state index >= 15 is 0 Å². The van der Waals surface area contributed by atoms with E-state index in [0.717, 1.165) is 90.2 Å². The number of alkyl halides is 1. The van der Waals surface area contributed by atoms with E-state index < -0.39 is 0 Å². The lowest BCUT2D eigenvalue weighted by Gasteiger charge is -2.34. The van der Waals surface area contributed by atoms with Gasteiger partial charge in [-0.05, 0) is 50.3 Å². The normalized spacial score (nSPS) is 19.1. The number of benzene rings is 1. The summed E-state index contributed by atoms with van der Waals surface area (Å²) in [5.74, 6) is 2.61. The van der Waals surface area contributed by atoms with E-state index in [1.807, 2.05) is 12.3 Å². The summed E-state index contributed by atoms with van der Waals surface area (Å²) in [7, 11) is 2.19. The Morgan fingerprint density at radius 1 is 1.25 bits per heavy atom. The molecule has 0 bridgehead atoms. The number of rotatable bonds is 8. The van der Waals surface area contributed by atoms with E-state index in [2.05, 4.69) is 54.9 Å². The maximum absolute atomic E-state index is 6.07. The number of hydrogen-bond donors (Lipinski definition) is 2. The standard InChI is InChI=1S/C26H30ClN7OS/c1-33-6-8-34(9-7-33)15-17-3-4-19-23(11-17)36-26-24(19)25(28-16-29-26)31-21-12-18-14-30-32-20(18)13-22(21)35-10-2-5-27/h12-14,16-17H,2-11H2,1H3,(H,30,32)(H,28,29,31). The number of fused-ring (bicyclic) bond motifs is 4. The van der Waals surface area contributed by atoms with E-state index in [1.165, 1.54) is 10.4 Å². The van der Waals surface area contributed by atoms with Crippen LogP contribution in [0.5, 0.6) is 5.75 Å². The van der Waals surface area contributed by atoms with Crippen LogP contribution in [0, 0.1) is 12.5 Å². The zero-order valence-corrected chi connectivity index (χ0v) is 22.0. The minimum absolute atomic E-state index is 0.462. The van der Waals surface area contributed by atoms with E-state index in [9.17, 15) is 0 Å². The maximum atomic E-state index is 6.07. The molecule has 0 amide bonds. The largest absolute Gasteiger partial charge is 0.491 e. The number of halogens is 1. The van der Waals surface area contributed by atoms with Gasteiger partial charge in [-0.15, -0.1) is 22.9 Å². The fraction of sp³-hybridized carbons (Fsp3) is 0.462. The van der Waals surface area contributed by atoms with E-state index in [0.29, 0.717) is 18.4 Å². The minimum atomic E-state index is 0.462. The summed E-state index contributed by atoms with van der Waals surface area (Å²) in [6.45, 7) is 8.71. The lowest BCUT2D eigenvalue weighted by molar-refractivity contribution is 0.165. The highest BCUT2D eigenvalue weighted by molar-refractivity contribution is 7.19. The van der Waals surface area contributed by atoms with Crippen LogP contribution in [0.1, 0.15) is 23.3 Å². The van der Waals surface area contributed by atoms with Gasteiger partial charge in [0.2, 0.25) is 0 Å². The van der Waals surface area contributed by atoms with Crippen LogP contribution in [0.25, 0.3) is 21.1 Å². The Kier molecular flexibility index (Phi) is 6.97. The molecule has 6 rings (SSSR count). The molecule has 0 spiro atoms. The number of nitrogens with one attached hydrogen (secondary N) is 2. The van der Waals surface area contributed by atoms with Crippen molar-refractivity contribution in [2.24, 2.45) is 5.92 Å². The average Bonchev–Trinajstić information content (AvgIpc) is 3.49. The second kappa shape index (κ2) is 10.5. The van der Waals surface area contributed by atoms with Crippen LogP contribution in [-0.4, -0.2) is 75.7 Å². The molecule has 1 atom stereocenters. The van der Waals surface area contributed by atoms with Crippen molar-refractivity contribution < 1.29 is 4.74 Å². The van der Waals surface area contributed by atoms with Crippen molar-refractivity contribution in [2.75, 3.05) is 51.0 Å². The minimum Gasteiger partial charge on any atom is -0.491 e. The predicted octanol–water partition coefficient (Wildman–Crippen LogP) is 4.71. The fourth-order valence-electron chi connectivity index (χ4n) is 5.06. The first-order chi connectivity index (χ1) is 17.7. The Hall–Kier alpha value is -2.46. The third kappa shape index (κ3) is 4.89. The number of nitrogens with zero attached hydrogens (tertiary/aromatic N) is 5. The van der Waals surface area contributed by atoms with Crippen molar-refractivity contribution in [1.29, 1.82) is 0 Å². The molecular formula is C26H30ClN7OS. The van der Waals surface area contributed by atoms with Gasteiger partial charge >= 0.3 is 0 Å². The lowest BCUT2D eigenvalue weighted by Crippen LogP contribution is -2.44. The summed E-state index contributed by atoms with van der Waals surface area (Å²) >= 11 is 7.67. The number of likely N-dealkylation sites (N-methyl/N-ethyl adjacent to an activating group) is 1. The molecule has 8 nitrogen and oxygen atoms in total. The van der Waals surface area contributed by atoms with Gasteiger partial charge in [-0.25, -0.2) is 9.97 Å². The molecule has 1 aliphatic carbocycles. The molecule has 188 valence electrons. The molecule has 1 aromatic carbocycles. The number of anilines is 2. The molecule has 4 heterocycles. The van der Waals surface area contributed by atoms with Gasteiger partial charge in [-0.3, -0.25) is 10.00 Å². The van der Waals surface area contributed by atoms with Gasteiger partial charge in [0.15, 0.2) is 0 Å². The number of thiophene rings is 1. The van der Waals surface area contributed by atoms with Crippen LogP contribution in [0.15, 0.2) is 24.7 Å². The Bertz CT molecular complexity index is 1350. The summed E-state index contributed by atoms with van der Waals surface area (Å²) in [6, 6.07) is 4.03. The molecule has 2 aliphatic rings. The molecule has 36 heavy (non-hydrogen) atoms. The van der Waals surface area contributed by atoms with Gasteiger partial charge in [-0.1, -0.05) is 0 Å². The summed E-state index contributed by atoms with van der Waals surface area (Å²) in [5, 5.41) is 12.9. The topological polar surface area (TPSA) is 82.2 Å². The highest BCUT2D eigenvalue weighted by atomic mass is 35.5. The molecule has 2 radical (unpaired) electrons. The number of H-pyrrole nitrogens is 1. The van der Waals surface area contributed by atoms with E-state index in [1.54, 1.807) is 17.7 Å². The third-order valence-electron chi connectivity index (χ3n) is 7.04. The van der Waals surface area contributed by atoms with Crippen LogP contribution in [0.4, 0.5) is 11.5 Å². The van der Waals surface area contributed by atoms with Crippen molar-refractivity contribution in [1.82, 2.24) is 30.0 Å². The maximum Gasteiger partial charge on any atom is 0.144 e. The van der Waals surface area contributed by atoms with Gasteiger partial charge < -0.3 is 15.0 Å². The fourth-order valence-corrected chi connectivity index (χ4v) is 6.44. The molecule has 1 saturated heterocycles. The first-order valence-electron chi connectivity index (χ1n) is 12.6. The monoisotopic (exact) mass is 523 g/mol. The van der Waals surface area contributed by atoms with Crippen molar-refractivity contribution in [3.05, 3.63) is 41.6 Å². The van der Waals surface area contributed by atoms with Gasteiger partial charge in [-0.2, -0.15) is 5.10 Å². The lowest BCUT2D eigenvalue weighted by atomic mass is 9.87. The van der Waals surface area contributed by atoms with Gasteiger partial charge in [0.05, 0.1) is 35.9 Å². The first kappa shape index (κ1) is 23.9. The van der Waals surface area contributed by atoms with Gasteiger partial charge in [0.25, 0.3) is 0 Å². The smallest absolute Gasteiger partial charge is 0.144 e. The molecule has 1 unspecified atom stereocenters. The summed E-state index contributed by atoms with van der Waals surface area (Å²) in [6.07, 6.45) is 7.39. The predicted molar refractivity (Wildman–Crippen MR) is 145 cm³/mol. The van der Waals surface area contributed by atoms with Crippen molar-refractivity contribution in [3.63, 3.8) is 0 Å². The number of piperazine rings is 1. The Morgan fingerprint density at radius 2 is 2.14 bits per heavy atom. The van der Waals surface area contributed by atoms with Crippen LogP contribution >= 0.6 is 22.9 Å². The van der Waals surface area contributed by atoms with Crippen LogP contribution < -0.4 is 10.1 Å². The quantitative estimate of drug-likeness (QED) is 0.255. The summed E-state index contributed by atoms with van der Waals surface area (Å²) < 4.78 is 6.07. The number of aromatic amines is 1. The van der Waals surface area contributed by atoms with Gasteiger partial charge in [0.1, 0.15) is 22.7 Å². The highest BCUT2D eigenvalue weighted by Crippen LogP contribution is 2.42. The van der Waals surface area contributed by atoms with Gasteiger partial charge in [0, 0.05) is 48.4 Å². The third-order valence-corrected chi connectivity index (χ3v) is 8.47. The molecule has 10 heteroatoms. The zero-order chi connectivity index (χ0) is 24.5. The molecule has 4 aromatic rings. The molecule has 0 saturated carbocycles. The van der Waals surface area contributed by atoms with E-state index in [-0.39, 0.29) is 0 Å².